The number of aliphatic hydroxyl groups is 1. The highest BCUT2D eigenvalue weighted by molar-refractivity contribution is 5.45. The van der Waals surface area contributed by atoms with E-state index in [0.29, 0.717) is 17.5 Å². The Balaban J connectivity index is 2.88. The molecule has 0 aromatic heterocycles. The second-order valence-electron chi connectivity index (χ2n) is 5.15. The molecule has 0 bridgehead atoms. The molecule has 0 saturated carbocycles. The van der Waals surface area contributed by atoms with Crippen molar-refractivity contribution in [1.29, 1.82) is 0 Å². The van der Waals surface area contributed by atoms with Crippen LogP contribution in [-0.2, 0) is 0 Å². The lowest BCUT2D eigenvalue weighted by molar-refractivity contribution is 0.202. The molecule has 0 amide bonds. The maximum Gasteiger partial charge on any atom is 0.119 e. The Bertz CT molecular complexity index is 445. The molecule has 0 fully saturated rings. The van der Waals surface area contributed by atoms with Gasteiger partial charge in [0.1, 0.15) is 11.5 Å². The zero-order valence-electron chi connectivity index (χ0n) is 11.4. The van der Waals surface area contributed by atoms with Gasteiger partial charge in [-0.25, -0.2) is 0 Å². The van der Waals surface area contributed by atoms with Gasteiger partial charge in [0.05, 0.1) is 6.10 Å². The van der Waals surface area contributed by atoms with Crippen LogP contribution in [0.3, 0.4) is 0 Å². The number of hydrogen-bond donors (Lipinski definition) is 3. The zero-order valence-corrected chi connectivity index (χ0v) is 11.4. The molecule has 0 aliphatic heterocycles. The van der Waals surface area contributed by atoms with Crippen molar-refractivity contribution in [2.24, 2.45) is 0 Å². The number of phenolic OH excluding ortho intramolecular Hbond substituents is 2. The standard InChI is InChI=1S/C15H22O3/c1-9(2)5-12(16)6-10(3)13-8-14(17)11(4)7-15(13)18/h5,7-8,10,12,16-18H,6H2,1-4H3. The number of allylic oxidation sites excluding steroid dienone is 1. The van der Waals surface area contributed by atoms with Crippen LogP contribution in [0.1, 0.15) is 44.2 Å². The Morgan fingerprint density at radius 3 is 2.39 bits per heavy atom. The average molecular weight is 250 g/mol. The minimum atomic E-state index is -0.534. The third-order valence-electron chi connectivity index (χ3n) is 3.00. The van der Waals surface area contributed by atoms with Crippen LogP contribution < -0.4 is 0 Å². The second kappa shape index (κ2) is 5.91. The first-order valence-electron chi connectivity index (χ1n) is 6.16. The van der Waals surface area contributed by atoms with Crippen molar-refractivity contribution in [3.63, 3.8) is 0 Å². The van der Waals surface area contributed by atoms with Crippen LogP contribution in [0.4, 0.5) is 0 Å². The summed E-state index contributed by atoms with van der Waals surface area (Å²) in [7, 11) is 0. The third-order valence-corrected chi connectivity index (χ3v) is 3.00. The molecular weight excluding hydrogens is 228 g/mol. The Kier molecular flexibility index (Phi) is 4.79. The summed E-state index contributed by atoms with van der Waals surface area (Å²) in [4.78, 5) is 0. The topological polar surface area (TPSA) is 60.7 Å². The highest BCUT2D eigenvalue weighted by atomic mass is 16.3. The van der Waals surface area contributed by atoms with E-state index in [2.05, 4.69) is 0 Å². The van der Waals surface area contributed by atoms with Crippen molar-refractivity contribution in [1.82, 2.24) is 0 Å². The molecule has 100 valence electrons. The lowest BCUT2D eigenvalue weighted by Crippen LogP contribution is -2.08. The Morgan fingerprint density at radius 2 is 1.83 bits per heavy atom. The fraction of sp³-hybridized carbons (Fsp3) is 0.467. The molecule has 3 N–H and O–H groups in total. The predicted octanol–water partition coefficient (Wildman–Crippen LogP) is 3.23. The number of phenols is 2. The van der Waals surface area contributed by atoms with Crippen molar-refractivity contribution < 1.29 is 15.3 Å². The van der Waals surface area contributed by atoms with Crippen LogP contribution in [0.5, 0.6) is 11.5 Å². The maximum atomic E-state index is 9.87. The average Bonchev–Trinajstić information content (AvgIpc) is 2.21. The van der Waals surface area contributed by atoms with E-state index in [1.165, 1.54) is 0 Å². The van der Waals surface area contributed by atoms with Gasteiger partial charge in [-0.15, -0.1) is 0 Å². The van der Waals surface area contributed by atoms with Gasteiger partial charge >= 0.3 is 0 Å². The molecule has 3 nitrogen and oxygen atoms in total. The van der Waals surface area contributed by atoms with Gasteiger partial charge in [0, 0.05) is 5.56 Å². The van der Waals surface area contributed by atoms with E-state index in [0.717, 1.165) is 5.57 Å². The van der Waals surface area contributed by atoms with Crippen LogP contribution >= 0.6 is 0 Å². The summed E-state index contributed by atoms with van der Waals surface area (Å²) in [5.41, 5.74) is 2.37. The molecule has 0 spiro atoms. The summed E-state index contributed by atoms with van der Waals surface area (Å²) in [6.07, 6.45) is 1.77. The van der Waals surface area contributed by atoms with Crippen molar-refractivity contribution in [2.75, 3.05) is 0 Å². The van der Waals surface area contributed by atoms with Gasteiger partial charge in [-0.3, -0.25) is 0 Å². The van der Waals surface area contributed by atoms with Crippen molar-refractivity contribution in [3.8, 4) is 11.5 Å². The molecule has 0 heterocycles. The van der Waals surface area contributed by atoms with Crippen LogP contribution in [0.2, 0.25) is 0 Å². The van der Waals surface area contributed by atoms with Crippen LogP contribution in [0.25, 0.3) is 0 Å². The van der Waals surface area contributed by atoms with E-state index in [-0.39, 0.29) is 17.4 Å². The molecule has 0 aliphatic carbocycles. The van der Waals surface area contributed by atoms with E-state index >= 15 is 0 Å². The minimum absolute atomic E-state index is 0.0258. The molecule has 1 aromatic rings. The highest BCUT2D eigenvalue weighted by Gasteiger charge is 2.15. The third kappa shape index (κ3) is 3.77. The fourth-order valence-electron chi connectivity index (χ4n) is 2.03. The van der Waals surface area contributed by atoms with Crippen molar-refractivity contribution >= 4 is 0 Å². The van der Waals surface area contributed by atoms with Gasteiger partial charge in [0.15, 0.2) is 0 Å². The summed E-state index contributed by atoms with van der Waals surface area (Å²) < 4.78 is 0. The lowest BCUT2D eigenvalue weighted by atomic mass is 9.92. The number of aromatic hydroxyl groups is 2. The van der Waals surface area contributed by atoms with E-state index in [9.17, 15) is 15.3 Å². The van der Waals surface area contributed by atoms with Crippen LogP contribution in [0.15, 0.2) is 23.8 Å². The van der Waals surface area contributed by atoms with Crippen molar-refractivity contribution in [2.45, 2.75) is 46.1 Å². The monoisotopic (exact) mass is 250 g/mol. The first-order chi connectivity index (χ1) is 8.31. The number of aliphatic hydroxyl groups excluding tert-OH is 1. The lowest BCUT2D eigenvalue weighted by Gasteiger charge is -2.17. The summed E-state index contributed by atoms with van der Waals surface area (Å²) in [5, 5.41) is 29.4. The highest BCUT2D eigenvalue weighted by Crippen LogP contribution is 2.34. The zero-order chi connectivity index (χ0) is 13.9. The minimum Gasteiger partial charge on any atom is -0.508 e. The van der Waals surface area contributed by atoms with Gasteiger partial charge in [-0.05, 0) is 50.8 Å². The van der Waals surface area contributed by atoms with Gasteiger partial charge < -0.3 is 15.3 Å². The quantitative estimate of drug-likeness (QED) is 0.568. The first kappa shape index (κ1) is 14.6. The molecule has 2 unspecified atom stereocenters. The van der Waals surface area contributed by atoms with E-state index in [1.807, 2.05) is 20.8 Å². The first-order valence-corrected chi connectivity index (χ1v) is 6.16. The van der Waals surface area contributed by atoms with Gasteiger partial charge in [-0.2, -0.15) is 0 Å². The summed E-state index contributed by atoms with van der Waals surface area (Å²) in [5.74, 6) is 0.315. The van der Waals surface area contributed by atoms with Crippen LogP contribution in [0, 0.1) is 6.92 Å². The van der Waals surface area contributed by atoms with E-state index in [1.54, 1.807) is 25.1 Å². The summed E-state index contributed by atoms with van der Waals surface area (Å²) in [6, 6.07) is 3.12. The molecule has 18 heavy (non-hydrogen) atoms. The van der Waals surface area contributed by atoms with Gasteiger partial charge in [-0.1, -0.05) is 18.6 Å². The number of benzene rings is 1. The normalized spacial score (nSPS) is 14.1. The number of rotatable bonds is 4. The summed E-state index contributed by atoms with van der Waals surface area (Å²) >= 11 is 0. The van der Waals surface area contributed by atoms with Crippen LogP contribution in [-0.4, -0.2) is 21.4 Å². The van der Waals surface area contributed by atoms with Gasteiger partial charge in [0.25, 0.3) is 0 Å². The summed E-state index contributed by atoms with van der Waals surface area (Å²) in [6.45, 7) is 7.53. The largest absolute Gasteiger partial charge is 0.508 e. The Morgan fingerprint density at radius 1 is 1.22 bits per heavy atom. The molecule has 3 heteroatoms. The molecule has 1 rings (SSSR count). The number of aryl methyl sites for hydroxylation is 1. The Hall–Kier alpha value is -1.48. The molecule has 0 saturated heterocycles. The smallest absolute Gasteiger partial charge is 0.119 e. The van der Waals surface area contributed by atoms with E-state index in [4.69, 9.17) is 0 Å². The second-order valence-corrected chi connectivity index (χ2v) is 5.15. The van der Waals surface area contributed by atoms with Crippen molar-refractivity contribution in [3.05, 3.63) is 34.9 Å². The molecule has 0 aliphatic rings. The van der Waals surface area contributed by atoms with Gasteiger partial charge in [0.2, 0.25) is 0 Å². The number of hydrogen-bond acceptors (Lipinski definition) is 3. The Labute approximate surface area is 108 Å². The fourth-order valence-corrected chi connectivity index (χ4v) is 2.03. The van der Waals surface area contributed by atoms with E-state index < -0.39 is 6.10 Å². The SMILES string of the molecule is CC(C)=CC(O)CC(C)c1cc(O)c(C)cc1O. The maximum absolute atomic E-state index is 9.87. The predicted molar refractivity (Wildman–Crippen MR) is 73.0 cm³/mol. The molecule has 2 atom stereocenters. The molecule has 1 aromatic carbocycles. The molecular formula is C15H22O3. The molecule has 0 radical (unpaired) electrons.